The monoisotopic (exact) mass is 754 g/mol. The molecule has 290 valence electrons. The van der Waals surface area contributed by atoms with Crippen molar-refractivity contribution in [3.8, 4) is 22.3 Å². The summed E-state index contributed by atoms with van der Waals surface area (Å²) in [5, 5.41) is 5.26. The standard InChI is InChI=1S/C58H58/c1-55(2,3)37-25-35(26-38(31-37)56(4,5)6)49-47-29-33-17-13-14-18-34(33)30-48(47)50(36-27-39(57(7,8)9)32-40(28-36)58(10,11)12)54-46-24-22-44-42-20-16-15-19-41(42)43-21-23-45(53(49)54)52(46)51(43)44/h13-32,51-52H,1-12H3. The van der Waals surface area contributed by atoms with Gasteiger partial charge in [-0.3, -0.25) is 0 Å². The molecule has 0 aromatic heterocycles. The maximum Gasteiger partial charge on any atom is 0.0212 e. The van der Waals surface area contributed by atoms with E-state index >= 15 is 0 Å². The fourth-order valence-electron chi connectivity index (χ4n) is 10.4. The summed E-state index contributed by atoms with van der Waals surface area (Å²) in [6.07, 6.45) is 10.00. The van der Waals surface area contributed by atoms with Crippen LogP contribution < -0.4 is 0 Å². The predicted molar refractivity (Wildman–Crippen MR) is 252 cm³/mol. The van der Waals surface area contributed by atoms with Crippen LogP contribution in [0.1, 0.15) is 128 Å². The summed E-state index contributed by atoms with van der Waals surface area (Å²) in [6.45, 7) is 28.4. The summed E-state index contributed by atoms with van der Waals surface area (Å²) in [4.78, 5) is 0. The Kier molecular flexibility index (Phi) is 7.78. The topological polar surface area (TPSA) is 0 Å². The molecule has 0 N–H and O–H groups in total. The highest BCUT2D eigenvalue weighted by Gasteiger charge is 2.49. The zero-order valence-corrected chi connectivity index (χ0v) is 36.7. The van der Waals surface area contributed by atoms with E-state index in [1.165, 1.54) is 111 Å². The Morgan fingerprint density at radius 2 is 0.638 bits per heavy atom. The van der Waals surface area contributed by atoms with Gasteiger partial charge in [0, 0.05) is 11.8 Å². The number of hydrogen-bond acceptors (Lipinski definition) is 0. The lowest BCUT2D eigenvalue weighted by molar-refractivity contribution is 0.568. The minimum atomic E-state index is -0.00885. The van der Waals surface area contributed by atoms with Crippen LogP contribution in [-0.2, 0) is 21.7 Å². The van der Waals surface area contributed by atoms with Gasteiger partial charge in [0.2, 0.25) is 0 Å². The van der Waals surface area contributed by atoms with Crippen molar-refractivity contribution in [3.05, 3.63) is 166 Å². The number of hydrogen-bond donors (Lipinski definition) is 0. The quantitative estimate of drug-likeness (QED) is 0.154. The van der Waals surface area contributed by atoms with E-state index in [1.54, 1.807) is 0 Å². The molecular weight excluding hydrogens is 697 g/mol. The Bertz CT molecular complexity index is 2640. The van der Waals surface area contributed by atoms with Crippen molar-refractivity contribution in [3.63, 3.8) is 0 Å². The van der Waals surface area contributed by atoms with Gasteiger partial charge in [-0.15, -0.1) is 0 Å². The van der Waals surface area contributed by atoms with Gasteiger partial charge in [0.15, 0.2) is 0 Å². The van der Waals surface area contributed by atoms with Crippen LogP contribution in [0.2, 0.25) is 0 Å². The molecule has 6 aromatic carbocycles. The lowest BCUT2D eigenvalue weighted by atomic mass is 9.71. The van der Waals surface area contributed by atoms with Crippen molar-refractivity contribution in [2.75, 3.05) is 0 Å². The van der Waals surface area contributed by atoms with Gasteiger partial charge in [-0.05, 0) is 144 Å². The molecule has 0 amide bonds. The third-order valence-corrected chi connectivity index (χ3v) is 13.8. The van der Waals surface area contributed by atoms with E-state index < -0.39 is 0 Å². The number of allylic oxidation sites excluding steroid dienone is 8. The molecule has 0 saturated carbocycles. The average Bonchev–Trinajstić information content (AvgIpc) is 3.66. The summed E-state index contributed by atoms with van der Waals surface area (Å²) in [5.41, 5.74) is 22.5. The number of benzene rings is 6. The lowest BCUT2D eigenvalue weighted by Gasteiger charge is -2.31. The van der Waals surface area contributed by atoms with Crippen molar-refractivity contribution < 1.29 is 0 Å². The van der Waals surface area contributed by atoms with Crippen LogP contribution >= 0.6 is 0 Å². The van der Waals surface area contributed by atoms with Gasteiger partial charge in [-0.2, -0.15) is 0 Å². The van der Waals surface area contributed by atoms with Crippen molar-refractivity contribution in [1.82, 2.24) is 0 Å². The molecule has 0 bridgehead atoms. The molecule has 0 fully saturated rings. The Morgan fingerprint density at radius 1 is 0.328 bits per heavy atom. The van der Waals surface area contributed by atoms with E-state index in [4.69, 9.17) is 0 Å². The SMILES string of the molecule is CC(C)(C)c1cc(-c2c3c(c(-c4cc(C(C)(C)C)cc(C(C)(C)C)c4)c4cc5ccccc5cc24)C2=CC=C4c5ccccc5C5=CC=C3C2C54)cc(C(C)(C)C)c1. The normalized spacial score (nSPS) is 18.4. The Morgan fingerprint density at radius 3 is 0.983 bits per heavy atom. The molecule has 0 nitrogen and oxygen atoms in total. The van der Waals surface area contributed by atoms with Crippen molar-refractivity contribution in [2.24, 2.45) is 11.8 Å². The van der Waals surface area contributed by atoms with E-state index in [2.05, 4.69) is 204 Å². The maximum absolute atomic E-state index is 2.53. The third kappa shape index (κ3) is 5.54. The molecule has 4 aliphatic carbocycles. The van der Waals surface area contributed by atoms with Crippen LogP contribution in [0.3, 0.4) is 0 Å². The van der Waals surface area contributed by atoms with Crippen LogP contribution in [0, 0.1) is 11.8 Å². The first-order valence-corrected chi connectivity index (χ1v) is 21.6. The molecule has 0 atom stereocenters. The minimum absolute atomic E-state index is 0.00885. The van der Waals surface area contributed by atoms with E-state index in [1.807, 2.05) is 0 Å². The molecule has 6 aromatic rings. The lowest BCUT2D eigenvalue weighted by Crippen LogP contribution is -2.18. The van der Waals surface area contributed by atoms with Gasteiger partial charge in [0.25, 0.3) is 0 Å². The summed E-state index contributed by atoms with van der Waals surface area (Å²) in [6, 6.07) is 38.3. The molecular formula is C58H58. The second kappa shape index (κ2) is 12.2. The van der Waals surface area contributed by atoms with Gasteiger partial charge in [0.1, 0.15) is 0 Å². The summed E-state index contributed by atoms with van der Waals surface area (Å²) < 4.78 is 0. The Hall–Kier alpha value is -5.20. The number of rotatable bonds is 2. The first kappa shape index (κ1) is 37.1. The largest absolute Gasteiger partial charge is 0.0616 e. The van der Waals surface area contributed by atoms with Crippen molar-refractivity contribution in [2.45, 2.75) is 105 Å². The van der Waals surface area contributed by atoms with Crippen LogP contribution in [0.5, 0.6) is 0 Å². The molecule has 0 radical (unpaired) electrons. The summed E-state index contributed by atoms with van der Waals surface area (Å²) >= 11 is 0. The highest BCUT2D eigenvalue weighted by atomic mass is 14.5. The van der Waals surface area contributed by atoms with Crippen molar-refractivity contribution in [1.29, 1.82) is 0 Å². The predicted octanol–water partition coefficient (Wildman–Crippen LogP) is 16.0. The van der Waals surface area contributed by atoms with Gasteiger partial charge < -0.3 is 0 Å². The first-order valence-electron chi connectivity index (χ1n) is 21.6. The molecule has 0 heterocycles. The fourth-order valence-corrected chi connectivity index (χ4v) is 10.4. The summed E-state index contributed by atoms with van der Waals surface area (Å²) in [7, 11) is 0. The average molecular weight is 755 g/mol. The van der Waals surface area contributed by atoms with Crippen molar-refractivity contribution >= 4 is 43.8 Å². The molecule has 0 saturated heterocycles. The zero-order chi connectivity index (χ0) is 40.8. The number of fused-ring (bicyclic) bond motifs is 8. The Balaban J connectivity index is 1.42. The second-order valence-electron chi connectivity index (χ2n) is 21.8. The van der Waals surface area contributed by atoms with E-state index in [0.717, 1.165) is 0 Å². The molecule has 0 unspecified atom stereocenters. The molecule has 58 heavy (non-hydrogen) atoms. The smallest absolute Gasteiger partial charge is 0.0212 e. The molecule has 10 rings (SSSR count). The minimum Gasteiger partial charge on any atom is -0.0616 e. The van der Waals surface area contributed by atoms with Gasteiger partial charge in [-0.25, -0.2) is 0 Å². The van der Waals surface area contributed by atoms with Crippen LogP contribution in [-0.4, -0.2) is 0 Å². The third-order valence-electron chi connectivity index (χ3n) is 13.8. The van der Waals surface area contributed by atoms with E-state index in [-0.39, 0.29) is 27.6 Å². The highest BCUT2D eigenvalue weighted by Crippen LogP contribution is 2.66. The second-order valence-corrected chi connectivity index (χ2v) is 21.8. The van der Waals surface area contributed by atoms with E-state index in [9.17, 15) is 0 Å². The van der Waals surface area contributed by atoms with Crippen LogP contribution in [0.15, 0.2) is 121 Å². The molecule has 4 aliphatic rings. The van der Waals surface area contributed by atoms with Gasteiger partial charge in [-0.1, -0.05) is 192 Å². The van der Waals surface area contributed by atoms with Crippen LogP contribution in [0.4, 0.5) is 0 Å². The maximum atomic E-state index is 2.53. The fraction of sp³-hybridized carbons (Fsp3) is 0.310. The summed E-state index contributed by atoms with van der Waals surface area (Å²) in [5.74, 6) is 0.566. The first-order chi connectivity index (χ1) is 27.3. The van der Waals surface area contributed by atoms with E-state index in [0.29, 0.717) is 5.92 Å². The highest BCUT2D eigenvalue weighted by molar-refractivity contribution is 6.22. The van der Waals surface area contributed by atoms with Gasteiger partial charge >= 0.3 is 0 Å². The molecule has 0 heteroatoms. The zero-order valence-electron chi connectivity index (χ0n) is 36.7. The Labute approximate surface area is 347 Å². The van der Waals surface area contributed by atoms with Gasteiger partial charge in [0.05, 0.1) is 0 Å². The van der Waals surface area contributed by atoms with Crippen LogP contribution in [0.25, 0.3) is 66.1 Å². The molecule has 0 aliphatic heterocycles. The molecule has 0 spiro atoms.